The number of hydrogen-bond donors (Lipinski definition) is 1. The quantitative estimate of drug-likeness (QED) is 0.590. The van der Waals surface area contributed by atoms with E-state index in [1.54, 1.807) is 0 Å². The van der Waals surface area contributed by atoms with Gasteiger partial charge >= 0.3 is 0 Å². The van der Waals surface area contributed by atoms with E-state index in [-0.39, 0.29) is 6.61 Å². The van der Waals surface area contributed by atoms with Crippen molar-refractivity contribution >= 4 is 0 Å². The Morgan fingerprint density at radius 1 is 1.30 bits per heavy atom. The topological polar surface area (TPSA) is 32.8 Å². The normalized spacial score (nSPS) is 30.6. The first-order valence-electron chi connectivity index (χ1n) is 4.14. The maximum atomic E-state index is 8.54. The molecule has 0 saturated carbocycles. The van der Waals surface area contributed by atoms with E-state index in [0.29, 0.717) is 12.2 Å². The molecule has 60 valence electrons. The Labute approximate surface area is 62.2 Å². The highest BCUT2D eigenvalue weighted by Gasteiger charge is 2.36. The molecular formula is C8H16O2. The molecule has 0 unspecified atom stereocenters. The number of aliphatic hydroxyl groups excluding tert-OH is 1. The van der Waals surface area contributed by atoms with Gasteiger partial charge in [0.25, 0.3) is 0 Å². The molecule has 2 nitrogen and oxygen atoms in total. The zero-order chi connectivity index (χ0) is 7.40. The van der Waals surface area contributed by atoms with Gasteiger partial charge in [-0.3, -0.25) is 0 Å². The van der Waals surface area contributed by atoms with Gasteiger partial charge in [-0.05, 0) is 12.8 Å². The van der Waals surface area contributed by atoms with E-state index in [4.69, 9.17) is 9.84 Å². The summed E-state index contributed by atoms with van der Waals surface area (Å²) in [7, 11) is 0. The third-order valence-corrected chi connectivity index (χ3v) is 1.94. The van der Waals surface area contributed by atoms with Crippen LogP contribution < -0.4 is 0 Å². The Bertz CT molecular complexity index is 93.3. The van der Waals surface area contributed by atoms with Gasteiger partial charge in [-0.25, -0.2) is 0 Å². The van der Waals surface area contributed by atoms with Crippen LogP contribution in [0.1, 0.15) is 32.6 Å². The molecule has 0 aromatic heterocycles. The van der Waals surface area contributed by atoms with Crippen molar-refractivity contribution in [1.29, 1.82) is 0 Å². The largest absolute Gasteiger partial charge is 0.396 e. The fourth-order valence-electron chi connectivity index (χ4n) is 1.22. The van der Waals surface area contributed by atoms with Crippen molar-refractivity contribution in [3.05, 3.63) is 0 Å². The molecule has 0 aromatic carbocycles. The first-order chi connectivity index (χ1) is 4.88. The van der Waals surface area contributed by atoms with Crippen LogP contribution in [0.2, 0.25) is 0 Å². The molecule has 0 amide bonds. The van der Waals surface area contributed by atoms with Crippen molar-refractivity contribution in [2.75, 3.05) is 6.61 Å². The van der Waals surface area contributed by atoms with E-state index >= 15 is 0 Å². The van der Waals surface area contributed by atoms with Crippen molar-refractivity contribution in [3.8, 4) is 0 Å². The van der Waals surface area contributed by atoms with Gasteiger partial charge < -0.3 is 9.84 Å². The molecular weight excluding hydrogens is 128 g/mol. The molecule has 2 heteroatoms. The number of unbranched alkanes of at least 4 members (excludes halogenated alkanes) is 1. The Balaban J connectivity index is 1.92. The fraction of sp³-hybridized carbons (Fsp3) is 1.00. The number of aliphatic hydroxyl groups is 1. The van der Waals surface area contributed by atoms with Gasteiger partial charge in [0, 0.05) is 6.61 Å². The molecule has 1 saturated heterocycles. The summed E-state index contributed by atoms with van der Waals surface area (Å²) in [5.74, 6) is 0. The van der Waals surface area contributed by atoms with Crippen molar-refractivity contribution < 1.29 is 9.84 Å². The van der Waals surface area contributed by atoms with Crippen molar-refractivity contribution in [3.63, 3.8) is 0 Å². The summed E-state index contributed by atoms with van der Waals surface area (Å²) >= 11 is 0. The lowest BCUT2D eigenvalue weighted by atomic mass is 10.1. The third kappa shape index (κ3) is 2.27. The van der Waals surface area contributed by atoms with E-state index in [1.807, 2.05) is 0 Å². The first kappa shape index (κ1) is 8.02. The summed E-state index contributed by atoms with van der Waals surface area (Å²) in [6, 6.07) is 0. The van der Waals surface area contributed by atoms with Crippen LogP contribution in [0, 0.1) is 0 Å². The zero-order valence-corrected chi connectivity index (χ0v) is 6.55. The fourth-order valence-corrected chi connectivity index (χ4v) is 1.22. The summed E-state index contributed by atoms with van der Waals surface area (Å²) < 4.78 is 5.30. The zero-order valence-electron chi connectivity index (χ0n) is 6.55. The molecule has 1 N–H and O–H groups in total. The molecule has 0 radical (unpaired) electrons. The third-order valence-electron chi connectivity index (χ3n) is 1.94. The van der Waals surface area contributed by atoms with Gasteiger partial charge in [0.15, 0.2) is 0 Å². The second-order valence-corrected chi connectivity index (χ2v) is 2.87. The van der Waals surface area contributed by atoms with Crippen LogP contribution in [0.15, 0.2) is 0 Å². The minimum atomic E-state index is 0.271. The summed E-state index contributed by atoms with van der Waals surface area (Å²) in [5, 5.41) is 8.54. The van der Waals surface area contributed by atoms with Gasteiger partial charge in [0.2, 0.25) is 0 Å². The molecule has 2 atom stereocenters. The minimum absolute atomic E-state index is 0.271. The molecule has 10 heavy (non-hydrogen) atoms. The smallest absolute Gasteiger partial charge is 0.0863 e. The van der Waals surface area contributed by atoms with Gasteiger partial charge in [-0.15, -0.1) is 0 Å². The first-order valence-corrected chi connectivity index (χ1v) is 4.14. The summed E-state index contributed by atoms with van der Waals surface area (Å²) in [6.45, 7) is 2.46. The van der Waals surface area contributed by atoms with Crippen molar-refractivity contribution in [2.24, 2.45) is 0 Å². The van der Waals surface area contributed by atoms with Crippen LogP contribution in [-0.4, -0.2) is 23.9 Å². The molecule has 0 aliphatic carbocycles. The molecule has 0 spiro atoms. The van der Waals surface area contributed by atoms with Gasteiger partial charge in [0.1, 0.15) is 0 Å². The van der Waals surface area contributed by atoms with E-state index < -0.39 is 0 Å². The summed E-state index contributed by atoms with van der Waals surface area (Å²) in [5.41, 5.74) is 0. The van der Waals surface area contributed by atoms with E-state index in [2.05, 4.69) is 6.92 Å². The lowest BCUT2D eigenvalue weighted by Crippen LogP contribution is -1.96. The molecule has 1 fully saturated rings. The Hall–Kier alpha value is -0.0800. The Morgan fingerprint density at radius 2 is 2.00 bits per heavy atom. The van der Waals surface area contributed by atoms with E-state index in [1.165, 1.54) is 19.3 Å². The molecule has 1 aliphatic rings. The lowest BCUT2D eigenvalue weighted by Gasteiger charge is -1.90. The number of hydrogen-bond acceptors (Lipinski definition) is 2. The summed E-state index contributed by atoms with van der Waals surface area (Å²) in [6.07, 6.45) is 5.37. The van der Waals surface area contributed by atoms with Crippen LogP contribution in [0.3, 0.4) is 0 Å². The number of rotatable bonds is 5. The Kier molecular flexibility index (Phi) is 3.16. The van der Waals surface area contributed by atoms with Gasteiger partial charge in [-0.2, -0.15) is 0 Å². The van der Waals surface area contributed by atoms with Crippen molar-refractivity contribution in [1.82, 2.24) is 0 Å². The maximum absolute atomic E-state index is 8.54. The van der Waals surface area contributed by atoms with Crippen LogP contribution in [0.25, 0.3) is 0 Å². The highest BCUT2D eigenvalue weighted by atomic mass is 16.6. The van der Waals surface area contributed by atoms with Crippen molar-refractivity contribution in [2.45, 2.75) is 44.8 Å². The number of ether oxygens (including phenoxy) is 1. The van der Waals surface area contributed by atoms with Gasteiger partial charge in [0.05, 0.1) is 12.2 Å². The summed E-state index contributed by atoms with van der Waals surface area (Å²) in [4.78, 5) is 0. The second-order valence-electron chi connectivity index (χ2n) is 2.87. The van der Waals surface area contributed by atoms with Crippen LogP contribution in [-0.2, 0) is 4.74 Å². The lowest BCUT2D eigenvalue weighted by molar-refractivity contribution is 0.262. The molecule has 1 aliphatic heterocycles. The average Bonchev–Trinajstić information content (AvgIpc) is 2.65. The average molecular weight is 144 g/mol. The monoisotopic (exact) mass is 144 g/mol. The van der Waals surface area contributed by atoms with Crippen LogP contribution >= 0.6 is 0 Å². The van der Waals surface area contributed by atoms with Crippen LogP contribution in [0.5, 0.6) is 0 Å². The Morgan fingerprint density at radius 3 is 2.60 bits per heavy atom. The number of epoxide rings is 1. The molecule has 1 heterocycles. The second kappa shape index (κ2) is 3.94. The highest BCUT2D eigenvalue weighted by Crippen LogP contribution is 2.29. The molecule has 1 rings (SSSR count). The van der Waals surface area contributed by atoms with Gasteiger partial charge in [-0.1, -0.05) is 19.8 Å². The predicted octanol–water partition coefficient (Wildman–Crippen LogP) is 1.33. The van der Waals surface area contributed by atoms with E-state index in [9.17, 15) is 0 Å². The van der Waals surface area contributed by atoms with E-state index in [0.717, 1.165) is 6.42 Å². The minimum Gasteiger partial charge on any atom is -0.396 e. The molecule has 0 bridgehead atoms. The van der Waals surface area contributed by atoms with Crippen LogP contribution in [0.4, 0.5) is 0 Å². The SMILES string of the molecule is CCCC[C@H]1O[C@H]1CCO. The standard InChI is InChI=1S/C8H16O2/c1-2-3-4-7-8(10-7)5-6-9/h7-9H,2-6H2,1H3/t7-,8+/m1/s1. The highest BCUT2D eigenvalue weighted by molar-refractivity contribution is 4.83. The maximum Gasteiger partial charge on any atom is 0.0863 e. The molecule has 0 aromatic rings. The predicted molar refractivity (Wildman–Crippen MR) is 39.9 cm³/mol.